The fourth-order valence-corrected chi connectivity index (χ4v) is 2.83. The topological polar surface area (TPSA) is 29.1 Å². The van der Waals surface area contributed by atoms with Gasteiger partial charge in [-0.15, -0.1) is 0 Å². The van der Waals surface area contributed by atoms with Crippen LogP contribution in [-0.4, -0.2) is 5.91 Å². The number of carbonyl (C=O) groups excluding carboxylic acids is 1. The van der Waals surface area contributed by atoms with E-state index in [2.05, 4.69) is 38.7 Å². The molecule has 96 valence electrons. The molecule has 0 saturated heterocycles. The van der Waals surface area contributed by atoms with Crippen molar-refractivity contribution < 1.29 is 4.79 Å². The zero-order valence-corrected chi connectivity index (χ0v) is 11.5. The van der Waals surface area contributed by atoms with Crippen LogP contribution < -0.4 is 5.32 Å². The molecule has 1 aromatic rings. The third-order valence-corrected chi connectivity index (χ3v) is 3.69. The molecular formula is C16H21NO. The van der Waals surface area contributed by atoms with Crippen LogP contribution in [0.3, 0.4) is 0 Å². The first kappa shape index (κ1) is 12.9. The second-order valence-electron chi connectivity index (χ2n) is 5.32. The number of anilines is 1. The number of rotatable bonds is 3. The van der Waals surface area contributed by atoms with Gasteiger partial charge >= 0.3 is 0 Å². The average molecular weight is 243 g/mol. The Morgan fingerprint density at radius 1 is 1.39 bits per heavy atom. The summed E-state index contributed by atoms with van der Waals surface area (Å²) < 4.78 is 0. The van der Waals surface area contributed by atoms with Gasteiger partial charge < -0.3 is 5.32 Å². The second-order valence-corrected chi connectivity index (χ2v) is 5.32. The number of hydrogen-bond acceptors (Lipinski definition) is 1. The fraction of sp³-hybridized carbons (Fsp3) is 0.438. The largest absolute Gasteiger partial charge is 0.322 e. The zero-order valence-electron chi connectivity index (χ0n) is 11.5. The van der Waals surface area contributed by atoms with E-state index >= 15 is 0 Å². The minimum atomic E-state index is -0.121. The summed E-state index contributed by atoms with van der Waals surface area (Å²) >= 11 is 0. The molecule has 18 heavy (non-hydrogen) atoms. The van der Waals surface area contributed by atoms with Gasteiger partial charge in [-0.1, -0.05) is 26.5 Å². The summed E-state index contributed by atoms with van der Waals surface area (Å²) in [6, 6.07) is 2.23. The van der Waals surface area contributed by atoms with Crippen LogP contribution >= 0.6 is 0 Å². The van der Waals surface area contributed by atoms with E-state index in [9.17, 15) is 4.79 Å². The van der Waals surface area contributed by atoms with E-state index in [1.165, 1.54) is 29.2 Å². The molecule has 1 aliphatic rings. The molecule has 0 bridgehead atoms. The van der Waals surface area contributed by atoms with E-state index in [1.807, 2.05) is 0 Å². The first-order chi connectivity index (χ1) is 8.54. The number of hydrogen-bond donors (Lipinski definition) is 1. The third-order valence-electron chi connectivity index (χ3n) is 3.69. The van der Waals surface area contributed by atoms with Gasteiger partial charge in [-0.2, -0.15) is 0 Å². The molecule has 0 aliphatic heterocycles. The molecule has 1 amide bonds. The molecule has 0 radical (unpaired) electrons. The van der Waals surface area contributed by atoms with Crippen molar-refractivity contribution in [2.24, 2.45) is 0 Å². The number of nitrogens with one attached hydrogen (secondary N) is 1. The Kier molecular flexibility index (Phi) is 3.55. The monoisotopic (exact) mass is 243 g/mol. The summed E-state index contributed by atoms with van der Waals surface area (Å²) in [5.41, 5.74) is 6.41. The van der Waals surface area contributed by atoms with Crippen molar-refractivity contribution >= 4 is 11.6 Å². The van der Waals surface area contributed by atoms with Crippen LogP contribution in [0.4, 0.5) is 5.69 Å². The average Bonchev–Trinajstić information content (AvgIpc) is 2.80. The number of carbonyl (C=O) groups is 1. The highest BCUT2D eigenvalue weighted by molar-refractivity contribution is 6.00. The summed E-state index contributed by atoms with van der Waals surface area (Å²) in [5.74, 6) is 0.421. The third kappa shape index (κ3) is 2.20. The van der Waals surface area contributed by atoms with Gasteiger partial charge in [-0.25, -0.2) is 0 Å². The highest BCUT2D eigenvalue weighted by atomic mass is 16.1. The molecule has 2 rings (SSSR count). The highest BCUT2D eigenvalue weighted by Crippen LogP contribution is 2.37. The number of amides is 1. The Bertz CT molecular complexity index is 500. The minimum absolute atomic E-state index is 0.121. The van der Waals surface area contributed by atoms with Crippen LogP contribution in [0.5, 0.6) is 0 Å². The molecule has 0 unspecified atom stereocenters. The Morgan fingerprint density at radius 3 is 2.67 bits per heavy atom. The van der Waals surface area contributed by atoms with Crippen LogP contribution in [0.2, 0.25) is 0 Å². The molecular weight excluding hydrogens is 222 g/mol. The first-order valence-corrected chi connectivity index (χ1v) is 6.63. The highest BCUT2D eigenvalue weighted by Gasteiger charge is 2.22. The standard InChI is InChI=1S/C16H21NO/c1-5-15(18)17-16-11(4)9-14(10(2)3)12-7-6-8-13(12)16/h5,9-10H,1,6-8H2,2-4H3,(H,17,18). The molecule has 2 nitrogen and oxygen atoms in total. The van der Waals surface area contributed by atoms with Crippen molar-refractivity contribution in [3.8, 4) is 0 Å². The normalized spacial score (nSPS) is 13.6. The smallest absolute Gasteiger partial charge is 0.247 e. The van der Waals surface area contributed by atoms with E-state index in [0.29, 0.717) is 5.92 Å². The lowest BCUT2D eigenvalue weighted by Gasteiger charge is -2.18. The summed E-state index contributed by atoms with van der Waals surface area (Å²) in [7, 11) is 0. The number of benzene rings is 1. The molecule has 1 aromatic carbocycles. The van der Waals surface area contributed by atoms with Gasteiger partial charge in [0.15, 0.2) is 0 Å². The molecule has 1 N–H and O–H groups in total. The second kappa shape index (κ2) is 4.97. The maximum absolute atomic E-state index is 11.5. The SMILES string of the molecule is C=CC(=O)Nc1c(C)cc(C(C)C)c2c1CCC2. The van der Waals surface area contributed by atoms with Gasteiger partial charge in [-0.05, 0) is 60.4 Å². The van der Waals surface area contributed by atoms with Crippen LogP contribution in [0.15, 0.2) is 18.7 Å². The van der Waals surface area contributed by atoms with E-state index < -0.39 is 0 Å². The summed E-state index contributed by atoms with van der Waals surface area (Å²) in [6.45, 7) is 10.0. The van der Waals surface area contributed by atoms with Gasteiger partial charge in [-0.3, -0.25) is 4.79 Å². The van der Waals surface area contributed by atoms with E-state index in [0.717, 1.165) is 24.1 Å². The quantitative estimate of drug-likeness (QED) is 0.805. The van der Waals surface area contributed by atoms with Crippen molar-refractivity contribution in [1.82, 2.24) is 0 Å². The Hall–Kier alpha value is -1.57. The van der Waals surface area contributed by atoms with Crippen molar-refractivity contribution in [2.75, 3.05) is 5.32 Å². The van der Waals surface area contributed by atoms with Crippen molar-refractivity contribution in [2.45, 2.75) is 46.0 Å². The Balaban J connectivity index is 2.52. The molecule has 2 heteroatoms. The molecule has 0 atom stereocenters. The lowest BCUT2D eigenvalue weighted by molar-refractivity contribution is -0.111. The predicted molar refractivity (Wildman–Crippen MR) is 76.1 cm³/mol. The molecule has 1 aliphatic carbocycles. The first-order valence-electron chi connectivity index (χ1n) is 6.63. The van der Waals surface area contributed by atoms with E-state index in [-0.39, 0.29) is 5.91 Å². The number of aryl methyl sites for hydroxylation is 1. The summed E-state index contributed by atoms with van der Waals surface area (Å²) in [5, 5.41) is 2.97. The fourth-order valence-electron chi connectivity index (χ4n) is 2.83. The van der Waals surface area contributed by atoms with Gasteiger partial charge in [0, 0.05) is 5.69 Å². The zero-order chi connectivity index (χ0) is 13.3. The molecule has 0 fully saturated rings. The van der Waals surface area contributed by atoms with Gasteiger partial charge in [0.2, 0.25) is 5.91 Å². The van der Waals surface area contributed by atoms with Crippen molar-refractivity contribution in [3.05, 3.63) is 41.0 Å². The van der Waals surface area contributed by atoms with E-state index in [4.69, 9.17) is 0 Å². The molecule has 0 aromatic heterocycles. The Morgan fingerprint density at radius 2 is 2.06 bits per heavy atom. The van der Waals surface area contributed by atoms with Gasteiger partial charge in [0.05, 0.1) is 0 Å². The minimum Gasteiger partial charge on any atom is -0.322 e. The van der Waals surface area contributed by atoms with Crippen LogP contribution in [-0.2, 0) is 17.6 Å². The van der Waals surface area contributed by atoms with Gasteiger partial charge in [0.25, 0.3) is 0 Å². The van der Waals surface area contributed by atoms with Gasteiger partial charge in [0.1, 0.15) is 0 Å². The van der Waals surface area contributed by atoms with Crippen LogP contribution in [0, 0.1) is 6.92 Å². The predicted octanol–water partition coefficient (Wildman–Crippen LogP) is 3.73. The Labute approximate surface area is 109 Å². The lowest BCUT2D eigenvalue weighted by Crippen LogP contribution is -2.12. The lowest BCUT2D eigenvalue weighted by atomic mass is 9.91. The van der Waals surface area contributed by atoms with Crippen molar-refractivity contribution in [3.63, 3.8) is 0 Å². The summed E-state index contributed by atoms with van der Waals surface area (Å²) in [6.07, 6.45) is 4.73. The van der Waals surface area contributed by atoms with Crippen LogP contribution in [0.25, 0.3) is 0 Å². The van der Waals surface area contributed by atoms with Crippen LogP contribution in [0.1, 0.15) is 48.4 Å². The molecule has 0 saturated carbocycles. The molecule has 0 heterocycles. The maximum Gasteiger partial charge on any atom is 0.247 e. The number of fused-ring (bicyclic) bond motifs is 1. The van der Waals surface area contributed by atoms with E-state index in [1.54, 1.807) is 0 Å². The molecule has 0 spiro atoms. The van der Waals surface area contributed by atoms with Crippen molar-refractivity contribution in [1.29, 1.82) is 0 Å². The maximum atomic E-state index is 11.5. The summed E-state index contributed by atoms with van der Waals surface area (Å²) in [4.78, 5) is 11.5.